The molecule has 4 nitrogen and oxygen atoms in total. The number of rotatable bonds is 3. The maximum atomic E-state index is 13.2. The quantitative estimate of drug-likeness (QED) is 0.518. The van der Waals surface area contributed by atoms with Gasteiger partial charge in [-0.25, -0.2) is 4.39 Å². The average Bonchev–Trinajstić information content (AvgIpc) is 3.03. The number of hydrogen-bond donors (Lipinski definition) is 1. The van der Waals surface area contributed by atoms with Gasteiger partial charge in [-0.1, -0.05) is 0 Å². The molecule has 5 heteroatoms. The van der Waals surface area contributed by atoms with Crippen LogP contribution in [0, 0.1) is 5.82 Å². The molecule has 0 spiro atoms. The van der Waals surface area contributed by atoms with Crippen LogP contribution in [0.5, 0.6) is 0 Å². The fourth-order valence-electron chi connectivity index (χ4n) is 4.38. The Morgan fingerprint density at radius 1 is 1.03 bits per heavy atom. The highest BCUT2D eigenvalue weighted by Crippen LogP contribution is 2.36. The van der Waals surface area contributed by atoms with Crippen LogP contribution in [0.15, 0.2) is 48.7 Å². The normalized spacial score (nSPS) is 16.4. The Bertz CT molecular complexity index is 1040. The molecule has 1 aliphatic heterocycles. The van der Waals surface area contributed by atoms with Gasteiger partial charge in [0.25, 0.3) is 0 Å². The Kier molecular flexibility index (Phi) is 4.95. The molecule has 4 rings (SSSR count). The Morgan fingerprint density at radius 2 is 1.66 bits per heavy atom. The summed E-state index contributed by atoms with van der Waals surface area (Å²) in [4.78, 5) is 15.4. The smallest absolute Gasteiger partial charge is 0.193 e. The van der Waals surface area contributed by atoms with Crippen LogP contribution >= 0.6 is 0 Å². The molecule has 2 N–H and O–H groups in total. The second kappa shape index (κ2) is 7.30. The van der Waals surface area contributed by atoms with E-state index in [-0.39, 0.29) is 17.1 Å². The van der Waals surface area contributed by atoms with Crippen LogP contribution in [-0.4, -0.2) is 34.0 Å². The molecule has 1 aliphatic rings. The predicted molar refractivity (Wildman–Crippen MR) is 115 cm³/mol. The highest BCUT2D eigenvalue weighted by Gasteiger charge is 2.29. The van der Waals surface area contributed by atoms with E-state index < -0.39 is 0 Å². The molecule has 1 aromatic heterocycles. The third kappa shape index (κ3) is 3.79. The van der Waals surface area contributed by atoms with Gasteiger partial charge in [0.15, 0.2) is 5.78 Å². The highest BCUT2D eigenvalue weighted by atomic mass is 19.1. The molecule has 29 heavy (non-hydrogen) atoms. The lowest BCUT2D eigenvalue weighted by Crippen LogP contribution is -2.45. The van der Waals surface area contributed by atoms with Crippen molar-refractivity contribution >= 4 is 16.7 Å². The van der Waals surface area contributed by atoms with E-state index in [1.54, 1.807) is 10.7 Å². The van der Waals surface area contributed by atoms with Gasteiger partial charge in [-0.2, -0.15) is 0 Å². The molecule has 152 valence electrons. The van der Waals surface area contributed by atoms with Crippen LogP contribution in [0.25, 0.3) is 10.9 Å². The van der Waals surface area contributed by atoms with Gasteiger partial charge in [0, 0.05) is 28.2 Å². The fraction of sp³-hybridized carbons (Fsp3) is 0.375. The van der Waals surface area contributed by atoms with Crippen LogP contribution in [-0.2, 0) is 0 Å². The number of fused-ring (bicyclic) bond motifs is 1. The number of piperidine rings is 1. The summed E-state index contributed by atoms with van der Waals surface area (Å²) < 4.78 is 14.9. The van der Waals surface area contributed by atoms with Crippen LogP contribution in [0.3, 0.4) is 0 Å². The Labute approximate surface area is 171 Å². The first kappa shape index (κ1) is 19.6. The standard InChI is InChI=1S/C24H28FN3O/c1-24(2,3)27-12-10-16(11-13-27)21-15-28(26)22-9-6-18(14-20(21)22)23(29)17-4-7-19(25)8-5-17/h4-9,14-16H,10-13,26H2,1-3H3. The number of carbonyl (C=O) groups excluding carboxylic acids is 1. The summed E-state index contributed by atoms with van der Waals surface area (Å²) in [6, 6.07) is 11.3. The van der Waals surface area contributed by atoms with Crippen LogP contribution in [0.1, 0.15) is 61.0 Å². The monoisotopic (exact) mass is 393 g/mol. The minimum absolute atomic E-state index is 0.106. The Balaban J connectivity index is 1.65. The molecule has 0 amide bonds. The van der Waals surface area contributed by atoms with Crippen molar-refractivity contribution in [1.29, 1.82) is 0 Å². The molecule has 0 aliphatic carbocycles. The van der Waals surface area contributed by atoms with E-state index in [1.165, 1.54) is 29.8 Å². The highest BCUT2D eigenvalue weighted by molar-refractivity contribution is 6.10. The zero-order chi connectivity index (χ0) is 20.8. The van der Waals surface area contributed by atoms with Crippen molar-refractivity contribution in [3.05, 3.63) is 71.2 Å². The lowest BCUT2D eigenvalue weighted by Gasteiger charge is -2.40. The lowest BCUT2D eigenvalue weighted by atomic mass is 9.87. The van der Waals surface area contributed by atoms with Crippen molar-refractivity contribution in [2.75, 3.05) is 18.9 Å². The Hall–Kier alpha value is -2.66. The predicted octanol–water partition coefficient (Wildman–Crippen LogP) is 4.70. The number of halogens is 1. The average molecular weight is 394 g/mol. The lowest BCUT2D eigenvalue weighted by molar-refractivity contribution is 0.102. The number of carbonyl (C=O) groups is 1. The maximum absolute atomic E-state index is 13.2. The molecule has 3 aromatic rings. The van der Waals surface area contributed by atoms with E-state index in [9.17, 15) is 9.18 Å². The molecular formula is C24H28FN3O. The summed E-state index contributed by atoms with van der Waals surface area (Å²) in [5, 5.41) is 1.04. The third-order valence-corrected chi connectivity index (χ3v) is 6.12. The van der Waals surface area contributed by atoms with Crippen molar-refractivity contribution in [3.63, 3.8) is 0 Å². The minimum Gasteiger partial charge on any atom is -0.339 e. The molecule has 1 fully saturated rings. The molecule has 1 saturated heterocycles. The summed E-state index contributed by atoms with van der Waals surface area (Å²) in [7, 11) is 0. The topological polar surface area (TPSA) is 51.3 Å². The molecule has 0 atom stereocenters. The molecule has 2 heterocycles. The molecule has 0 saturated carbocycles. The zero-order valence-electron chi connectivity index (χ0n) is 17.3. The number of ketones is 1. The molecular weight excluding hydrogens is 365 g/mol. The number of nitrogens with two attached hydrogens (primary N) is 1. The van der Waals surface area contributed by atoms with Gasteiger partial charge in [0.05, 0.1) is 5.52 Å². The number of nitrogens with zero attached hydrogens (tertiary/aromatic N) is 2. The van der Waals surface area contributed by atoms with Gasteiger partial charge in [-0.15, -0.1) is 0 Å². The number of likely N-dealkylation sites (tertiary alicyclic amines) is 1. The van der Waals surface area contributed by atoms with Crippen LogP contribution in [0.4, 0.5) is 4.39 Å². The zero-order valence-corrected chi connectivity index (χ0v) is 17.3. The number of aromatic nitrogens is 1. The van der Waals surface area contributed by atoms with Crippen LogP contribution < -0.4 is 5.84 Å². The van der Waals surface area contributed by atoms with Crippen LogP contribution in [0.2, 0.25) is 0 Å². The molecule has 0 bridgehead atoms. The van der Waals surface area contributed by atoms with Crippen molar-refractivity contribution in [3.8, 4) is 0 Å². The van der Waals surface area contributed by atoms with Gasteiger partial charge in [0.2, 0.25) is 0 Å². The van der Waals surface area contributed by atoms with E-state index in [4.69, 9.17) is 5.84 Å². The van der Waals surface area contributed by atoms with Gasteiger partial charge in [-0.05, 0) is 101 Å². The molecule has 2 aromatic carbocycles. The summed E-state index contributed by atoms with van der Waals surface area (Å²) >= 11 is 0. The third-order valence-electron chi connectivity index (χ3n) is 6.12. The molecule has 0 radical (unpaired) electrons. The summed E-state index contributed by atoms with van der Waals surface area (Å²) in [5.74, 6) is 6.19. The maximum Gasteiger partial charge on any atom is 0.193 e. The Morgan fingerprint density at radius 3 is 2.28 bits per heavy atom. The second-order valence-electron chi connectivity index (χ2n) is 8.99. The number of nitrogen functional groups attached to an aromatic ring is 1. The fourth-order valence-corrected chi connectivity index (χ4v) is 4.38. The van der Waals surface area contributed by atoms with Gasteiger partial charge >= 0.3 is 0 Å². The van der Waals surface area contributed by atoms with Crippen molar-refractivity contribution in [2.45, 2.75) is 45.1 Å². The van der Waals surface area contributed by atoms with Crippen molar-refractivity contribution < 1.29 is 9.18 Å². The second-order valence-corrected chi connectivity index (χ2v) is 8.99. The first-order chi connectivity index (χ1) is 13.7. The van der Waals surface area contributed by atoms with E-state index in [2.05, 4.69) is 25.7 Å². The summed E-state index contributed by atoms with van der Waals surface area (Å²) in [6.45, 7) is 8.88. The SMILES string of the molecule is CC(C)(C)N1CCC(c2cn(N)c3ccc(C(=O)c4ccc(F)cc4)cc23)CC1. The van der Waals surface area contributed by atoms with Crippen molar-refractivity contribution in [1.82, 2.24) is 9.58 Å². The molecule has 0 unspecified atom stereocenters. The largest absolute Gasteiger partial charge is 0.339 e. The van der Waals surface area contributed by atoms with Gasteiger partial charge in [0.1, 0.15) is 5.82 Å². The van der Waals surface area contributed by atoms with Gasteiger partial charge < -0.3 is 5.84 Å². The first-order valence-corrected chi connectivity index (χ1v) is 10.2. The number of benzene rings is 2. The first-order valence-electron chi connectivity index (χ1n) is 10.2. The number of hydrogen-bond acceptors (Lipinski definition) is 3. The van der Waals surface area contributed by atoms with Gasteiger partial charge in [-0.3, -0.25) is 14.4 Å². The van der Waals surface area contributed by atoms with E-state index in [0.29, 0.717) is 17.0 Å². The van der Waals surface area contributed by atoms with Crippen molar-refractivity contribution in [2.24, 2.45) is 0 Å². The van der Waals surface area contributed by atoms with E-state index in [0.717, 1.165) is 36.8 Å². The van der Waals surface area contributed by atoms with E-state index in [1.807, 2.05) is 18.3 Å². The summed E-state index contributed by atoms with van der Waals surface area (Å²) in [6.07, 6.45) is 4.16. The van der Waals surface area contributed by atoms with E-state index >= 15 is 0 Å². The minimum atomic E-state index is -0.346. The summed E-state index contributed by atoms with van der Waals surface area (Å²) in [5.41, 5.74) is 3.40.